The van der Waals surface area contributed by atoms with Gasteiger partial charge in [0.05, 0.1) is 11.5 Å². The third kappa shape index (κ3) is 6.23. The lowest BCUT2D eigenvalue weighted by molar-refractivity contribution is -0.138. The van der Waals surface area contributed by atoms with Gasteiger partial charge in [0.1, 0.15) is 6.07 Å². The number of nitrogens with one attached hydrogen (secondary N) is 2. The SMILES string of the molecule is CCOC(=O)/C(C#N)=C\Nc1ccc(S(=O)(=O)NCCc2ccccc2)cc1. The highest BCUT2D eigenvalue weighted by molar-refractivity contribution is 7.89. The molecule has 0 saturated carbocycles. The zero-order chi connectivity index (χ0) is 20.4. The third-order valence-electron chi connectivity index (χ3n) is 3.71. The van der Waals surface area contributed by atoms with Gasteiger partial charge < -0.3 is 10.1 Å². The molecule has 0 aliphatic carbocycles. The van der Waals surface area contributed by atoms with Crippen LogP contribution in [0.3, 0.4) is 0 Å². The lowest BCUT2D eigenvalue weighted by Gasteiger charge is -2.08. The van der Waals surface area contributed by atoms with Crippen molar-refractivity contribution < 1.29 is 17.9 Å². The van der Waals surface area contributed by atoms with Gasteiger partial charge in [0.2, 0.25) is 10.0 Å². The number of hydrogen-bond acceptors (Lipinski definition) is 6. The molecular formula is C20H21N3O4S. The number of ether oxygens (including phenoxy) is 1. The number of carbonyl (C=O) groups excluding carboxylic acids is 1. The van der Waals surface area contributed by atoms with E-state index in [-0.39, 0.29) is 17.1 Å². The van der Waals surface area contributed by atoms with Gasteiger partial charge in [-0.1, -0.05) is 30.3 Å². The summed E-state index contributed by atoms with van der Waals surface area (Å²) < 4.78 is 32.0. The zero-order valence-electron chi connectivity index (χ0n) is 15.4. The van der Waals surface area contributed by atoms with E-state index in [2.05, 4.69) is 10.0 Å². The minimum Gasteiger partial charge on any atom is -0.462 e. The Balaban J connectivity index is 1.96. The minimum absolute atomic E-state index is 0.126. The Kier molecular flexibility index (Phi) is 7.75. The highest BCUT2D eigenvalue weighted by Crippen LogP contribution is 2.14. The summed E-state index contributed by atoms with van der Waals surface area (Å²) in [4.78, 5) is 11.7. The molecule has 0 fully saturated rings. The molecule has 8 heteroatoms. The van der Waals surface area contributed by atoms with E-state index < -0.39 is 16.0 Å². The second-order valence-electron chi connectivity index (χ2n) is 5.69. The molecule has 0 unspecified atom stereocenters. The summed E-state index contributed by atoms with van der Waals surface area (Å²) in [6, 6.07) is 17.3. The molecule has 28 heavy (non-hydrogen) atoms. The van der Waals surface area contributed by atoms with E-state index >= 15 is 0 Å². The van der Waals surface area contributed by atoms with Crippen LogP contribution in [0.5, 0.6) is 0 Å². The number of anilines is 1. The van der Waals surface area contributed by atoms with Gasteiger partial charge in [0.15, 0.2) is 5.57 Å². The second kappa shape index (κ2) is 10.3. The fourth-order valence-electron chi connectivity index (χ4n) is 2.29. The van der Waals surface area contributed by atoms with Gasteiger partial charge in [-0.05, 0) is 43.2 Å². The van der Waals surface area contributed by atoms with Crippen LogP contribution >= 0.6 is 0 Å². The summed E-state index contributed by atoms with van der Waals surface area (Å²) >= 11 is 0. The molecule has 7 nitrogen and oxygen atoms in total. The van der Waals surface area contributed by atoms with E-state index in [1.807, 2.05) is 30.3 Å². The predicted molar refractivity (Wildman–Crippen MR) is 106 cm³/mol. The molecule has 0 aromatic heterocycles. The highest BCUT2D eigenvalue weighted by Gasteiger charge is 2.13. The van der Waals surface area contributed by atoms with Gasteiger partial charge in [-0.25, -0.2) is 17.9 Å². The molecule has 2 N–H and O–H groups in total. The fourth-order valence-corrected chi connectivity index (χ4v) is 3.32. The maximum Gasteiger partial charge on any atom is 0.350 e. The van der Waals surface area contributed by atoms with E-state index in [4.69, 9.17) is 10.00 Å². The van der Waals surface area contributed by atoms with Crippen molar-refractivity contribution in [1.29, 1.82) is 5.26 Å². The van der Waals surface area contributed by atoms with Gasteiger partial charge >= 0.3 is 5.97 Å². The summed E-state index contributed by atoms with van der Waals surface area (Å²) in [7, 11) is -3.62. The van der Waals surface area contributed by atoms with Gasteiger partial charge in [0.25, 0.3) is 0 Å². The Morgan fingerprint density at radius 3 is 2.43 bits per heavy atom. The average Bonchev–Trinajstić information content (AvgIpc) is 2.70. The van der Waals surface area contributed by atoms with Gasteiger partial charge in [0, 0.05) is 18.4 Å². The summed E-state index contributed by atoms with van der Waals surface area (Å²) in [6.07, 6.45) is 1.81. The standard InChI is InChI=1S/C20H21N3O4S/c1-2-27-20(24)17(14-21)15-22-18-8-10-19(11-9-18)28(25,26)23-13-12-16-6-4-3-5-7-16/h3-11,15,22-23H,2,12-13H2,1H3/b17-15-. The van der Waals surface area contributed by atoms with Crippen LogP contribution in [0.2, 0.25) is 0 Å². The minimum atomic E-state index is -3.62. The van der Waals surface area contributed by atoms with Crippen molar-refractivity contribution in [2.75, 3.05) is 18.5 Å². The van der Waals surface area contributed by atoms with Crippen LogP contribution in [0.25, 0.3) is 0 Å². The van der Waals surface area contributed by atoms with Gasteiger partial charge in [-0.2, -0.15) is 5.26 Å². The quantitative estimate of drug-likeness (QED) is 0.381. The topological polar surface area (TPSA) is 108 Å². The fraction of sp³-hybridized carbons (Fsp3) is 0.200. The Hall–Kier alpha value is -3.15. The Labute approximate surface area is 164 Å². The number of hydrogen-bond donors (Lipinski definition) is 2. The normalized spacial score (nSPS) is 11.5. The molecule has 2 aromatic rings. The summed E-state index contributed by atoms with van der Waals surface area (Å²) in [5.74, 6) is -0.723. The molecule has 0 aliphatic rings. The van der Waals surface area contributed by atoms with E-state index in [1.54, 1.807) is 25.1 Å². The van der Waals surface area contributed by atoms with E-state index in [0.717, 1.165) is 5.56 Å². The summed E-state index contributed by atoms with van der Waals surface area (Å²) in [6.45, 7) is 2.11. The smallest absolute Gasteiger partial charge is 0.350 e. The molecule has 2 aromatic carbocycles. The van der Waals surface area contributed by atoms with E-state index in [1.165, 1.54) is 18.3 Å². The first-order valence-corrected chi connectivity index (χ1v) is 10.1. The van der Waals surface area contributed by atoms with Crippen molar-refractivity contribution in [1.82, 2.24) is 4.72 Å². The van der Waals surface area contributed by atoms with Crippen molar-refractivity contribution in [2.45, 2.75) is 18.2 Å². The molecule has 0 bridgehead atoms. The zero-order valence-corrected chi connectivity index (χ0v) is 16.2. The number of nitriles is 1. The Bertz CT molecular complexity index is 963. The Morgan fingerprint density at radius 1 is 1.14 bits per heavy atom. The molecule has 146 valence electrons. The summed E-state index contributed by atoms with van der Waals surface area (Å²) in [5, 5.41) is 11.7. The number of carbonyl (C=O) groups is 1. The number of benzene rings is 2. The van der Waals surface area contributed by atoms with E-state index in [0.29, 0.717) is 18.7 Å². The number of nitrogens with zero attached hydrogens (tertiary/aromatic N) is 1. The number of esters is 1. The largest absolute Gasteiger partial charge is 0.462 e. The van der Waals surface area contributed by atoms with Crippen molar-refractivity contribution >= 4 is 21.7 Å². The summed E-state index contributed by atoms with van der Waals surface area (Å²) in [5.41, 5.74) is 1.40. The molecule has 0 atom stereocenters. The molecule has 0 saturated heterocycles. The van der Waals surface area contributed by atoms with Crippen LogP contribution in [-0.4, -0.2) is 27.5 Å². The van der Waals surface area contributed by atoms with E-state index in [9.17, 15) is 13.2 Å². The molecule has 2 rings (SSSR count). The van der Waals surface area contributed by atoms with Crippen LogP contribution in [-0.2, 0) is 26.0 Å². The number of sulfonamides is 1. The molecule has 0 heterocycles. The first-order chi connectivity index (χ1) is 13.5. The third-order valence-corrected chi connectivity index (χ3v) is 5.19. The Morgan fingerprint density at radius 2 is 1.82 bits per heavy atom. The highest BCUT2D eigenvalue weighted by atomic mass is 32.2. The molecular weight excluding hydrogens is 378 g/mol. The molecule has 0 amide bonds. The van der Waals surface area contributed by atoms with Crippen LogP contribution in [0.15, 0.2) is 71.3 Å². The molecule has 0 radical (unpaired) electrons. The van der Waals surface area contributed by atoms with Crippen molar-refractivity contribution in [3.63, 3.8) is 0 Å². The van der Waals surface area contributed by atoms with Crippen molar-refractivity contribution in [3.05, 3.63) is 71.9 Å². The maximum atomic E-state index is 12.4. The monoisotopic (exact) mass is 399 g/mol. The van der Waals surface area contributed by atoms with Gasteiger partial charge in [-0.15, -0.1) is 0 Å². The molecule has 0 aliphatic heterocycles. The lowest BCUT2D eigenvalue weighted by Crippen LogP contribution is -2.25. The molecule has 0 spiro atoms. The van der Waals surface area contributed by atoms with Crippen molar-refractivity contribution in [3.8, 4) is 6.07 Å². The van der Waals surface area contributed by atoms with Crippen LogP contribution in [0, 0.1) is 11.3 Å². The maximum absolute atomic E-state index is 12.4. The lowest BCUT2D eigenvalue weighted by atomic mass is 10.2. The van der Waals surface area contributed by atoms with Crippen LogP contribution in [0.4, 0.5) is 5.69 Å². The first-order valence-electron chi connectivity index (χ1n) is 8.64. The van der Waals surface area contributed by atoms with Crippen molar-refractivity contribution in [2.24, 2.45) is 0 Å². The van der Waals surface area contributed by atoms with Gasteiger partial charge in [-0.3, -0.25) is 0 Å². The predicted octanol–water partition coefficient (Wildman–Crippen LogP) is 2.59. The number of rotatable bonds is 9. The second-order valence-corrected chi connectivity index (χ2v) is 7.46. The first kappa shape index (κ1) is 21.2. The average molecular weight is 399 g/mol. The van der Waals surface area contributed by atoms with Crippen LogP contribution < -0.4 is 10.0 Å². The van der Waals surface area contributed by atoms with Crippen LogP contribution in [0.1, 0.15) is 12.5 Å².